The third kappa shape index (κ3) is 6.30. The molecule has 0 atom stereocenters. The van der Waals surface area contributed by atoms with E-state index in [-0.39, 0.29) is 0 Å². The van der Waals surface area contributed by atoms with Crippen LogP contribution in [0.5, 0.6) is 0 Å². The summed E-state index contributed by atoms with van der Waals surface area (Å²) in [4.78, 5) is 9.18. The van der Waals surface area contributed by atoms with Gasteiger partial charge >= 0.3 is 0 Å². The van der Waals surface area contributed by atoms with E-state index in [1.165, 1.54) is 0 Å². The molecule has 0 fully saturated rings. The summed E-state index contributed by atoms with van der Waals surface area (Å²) in [5.41, 5.74) is 1.71. The average Bonchev–Trinajstić information content (AvgIpc) is 3.55. The molecular weight excluding hydrogens is 416 g/mol. The lowest BCUT2D eigenvalue weighted by atomic mass is 10.1. The first kappa shape index (κ1) is 21.8. The molecule has 1 aliphatic rings. The number of aryl methyl sites for hydroxylation is 2. The summed E-state index contributed by atoms with van der Waals surface area (Å²) in [5, 5.41) is 27.8. The lowest BCUT2D eigenvalue weighted by Gasteiger charge is -2.17. The minimum absolute atomic E-state index is 0.456. The van der Waals surface area contributed by atoms with Gasteiger partial charge in [-0.15, -0.1) is 0 Å². The number of aliphatic imine (C=N–C) groups is 1. The van der Waals surface area contributed by atoms with Gasteiger partial charge in [-0.3, -0.25) is 14.4 Å². The van der Waals surface area contributed by atoms with Crippen molar-refractivity contribution in [2.75, 3.05) is 18.4 Å². The van der Waals surface area contributed by atoms with Crippen molar-refractivity contribution in [2.45, 2.75) is 25.9 Å². The Morgan fingerprint density at radius 1 is 1.06 bits per heavy atom. The Morgan fingerprint density at radius 3 is 2.58 bits per heavy atom. The summed E-state index contributed by atoms with van der Waals surface area (Å²) in [6.45, 7) is 3.02. The smallest absolute Gasteiger partial charge is 0.199 e. The molecule has 10 nitrogen and oxygen atoms in total. The fourth-order valence-corrected chi connectivity index (χ4v) is 3.31. The molecule has 3 N–H and O–H groups in total. The van der Waals surface area contributed by atoms with Crippen LogP contribution in [0.1, 0.15) is 18.5 Å². The van der Waals surface area contributed by atoms with Crippen molar-refractivity contribution >= 4 is 17.4 Å². The van der Waals surface area contributed by atoms with Gasteiger partial charge < -0.3 is 16.0 Å². The predicted octanol–water partition coefficient (Wildman–Crippen LogP) is 2.36. The number of nitrogens with one attached hydrogen (secondary N) is 3. The fourth-order valence-electron chi connectivity index (χ4n) is 3.31. The van der Waals surface area contributed by atoms with E-state index < -0.39 is 0 Å². The molecule has 0 aliphatic carbocycles. The maximum Gasteiger partial charge on any atom is 0.199 e. The van der Waals surface area contributed by atoms with Crippen LogP contribution in [0.4, 0.5) is 5.82 Å². The van der Waals surface area contributed by atoms with Crippen LogP contribution in [0.25, 0.3) is 5.57 Å². The third-order valence-corrected chi connectivity index (χ3v) is 4.91. The van der Waals surface area contributed by atoms with Gasteiger partial charge in [0.15, 0.2) is 5.96 Å². The van der Waals surface area contributed by atoms with Crippen LogP contribution in [-0.2, 0) is 13.1 Å². The van der Waals surface area contributed by atoms with Gasteiger partial charge in [0.05, 0.1) is 11.4 Å². The number of nitriles is 1. The summed E-state index contributed by atoms with van der Waals surface area (Å²) >= 11 is 0. The van der Waals surface area contributed by atoms with E-state index in [9.17, 15) is 5.26 Å². The number of pyridine rings is 1. The molecule has 0 saturated carbocycles. The van der Waals surface area contributed by atoms with Crippen LogP contribution in [0.2, 0.25) is 0 Å². The maximum absolute atomic E-state index is 9.83. The highest BCUT2D eigenvalue weighted by atomic mass is 15.3. The number of hydrogen-bond donors (Lipinski definition) is 3. The van der Waals surface area contributed by atoms with Crippen LogP contribution < -0.4 is 16.0 Å². The first-order valence-electron chi connectivity index (χ1n) is 10.9. The molecular formula is C23H26N10. The first-order valence-corrected chi connectivity index (χ1v) is 10.9. The zero-order chi connectivity index (χ0) is 22.7. The van der Waals surface area contributed by atoms with Gasteiger partial charge in [0, 0.05) is 57.2 Å². The van der Waals surface area contributed by atoms with Crippen LogP contribution in [0.3, 0.4) is 0 Å². The van der Waals surface area contributed by atoms with E-state index in [0.717, 1.165) is 38.3 Å². The van der Waals surface area contributed by atoms with Gasteiger partial charge in [-0.25, -0.2) is 4.98 Å². The second-order valence-corrected chi connectivity index (χ2v) is 7.31. The van der Waals surface area contributed by atoms with E-state index in [4.69, 9.17) is 0 Å². The molecule has 0 amide bonds. The summed E-state index contributed by atoms with van der Waals surface area (Å²) in [6.07, 6.45) is 12.8. The quantitative estimate of drug-likeness (QED) is 0.326. The number of rotatable bonds is 10. The van der Waals surface area contributed by atoms with Crippen LogP contribution in [0, 0.1) is 11.3 Å². The summed E-state index contributed by atoms with van der Waals surface area (Å²) in [5.74, 6) is 1.33. The first-order chi connectivity index (χ1) is 16.3. The van der Waals surface area contributed by atoms with Crippen LogP contribution in [0.15, 0.2) is 78.1 Å². The van der Waals surface area contributed by atoms with Gasteiger partial charge in [-0.1, -0.05) is 6.07 Å². The van der Waals surface area contributed by atoms with Crippen molar-refractivity contribution in [2.24, 2.45) is 4.99 Å². The summed E-state index contributed by atoms with van der Waals surface area (Å²) < 4.78 is 3.78. The minimum atomic E-state index is 0.456. The Balaban J connectivity index is 1.36. The Kier molecular flexibility index (Phi) is 7.47. The highest BCUT2D eigenvalue weighted by molar-refractivity contribution is 5.89. The second kappa shape index (κ2) is 11.3. The molecule has 0 bridgehead atoms. The summed E-state index contributed by atoms with van der Waals surface area (Å²) in [6, 6.07) is 11.7. The molecule has 168 valence electrons. The topological polar surface area (TPSA) is 121 Å². The average molecular weight is 443 g/mol. The molecule has 4 heterocycles. The van der Waals surface area contributed by atoms with E-state index >= 15 is 0 Å². The SMILES string of the molecule is N#C/C(=C1/C=CNC(=NCCCn2cccn2)N1)c1cccc(NCCCn2cccn2)n1. The molecule has 0 saturated heterocycles. The van der Waals surface area contributed by atoms with E-state index in [1.807, 2.05) is 58.2 Å². The second-order valence-electron chi connectivity index (χ2n) is 7.31. The minimum Gasteiger partial charge on any atom is -0.370 e. The van der Waals surface area contributed by atoms with Crippen molar-refractivity contribution in [3.8, 4) is 6.07 Å². The normalized spacial score (nSPS) is 15.5. The van der Waals surface area contributed by atoms with E-state index in [0.29, 0.717) is 29.5 Å². The lowest BCUT2D eigenvalue weighted by Crippen LogP contribution is -2.37. The highest BCUT2D eigenvalue weighted by Gasteiger charge is 2.13. The number of hydrogen-bond acceptors (Lipinski definition) is 6. The van der Waals surface area contributed by atoms with Gasteiger partial charge in [0.1, 0.15) is 17.5 Å². The zero-order valence-corrected chi connectivity index (χ0v) is 18.2. The van der Waals surface area contributed by atoms with Crippen molar-refractivity contribution in [3.05, 3.63) is 78.8 Å². The van der Waals surface area contributed by atoms with Gasteiger partial charge in [0.25, 0.3) is 0 Å². The Hall–Kier alpha value is -4.39. The summed E-state index contributed by atoms with van der Waals surface area (Å²) in [7, 11) is 0. The molecule has 10 heteroatoms. The Labute approximate surface area is 192 Å². The highest BCUT2D eigenvalue weighted by Crippen LogP contribution is 2.18. The number of anilines is 1. The van der Waals surface area contributed by atoms with Crippen LogP contribution >= 0.6 is 0 Å². The zero-order valence-electron chi connectivity index (χ0n) is 18.2. The fraction of sp³-hybridized carbons (Fsp3) is 0.261. The molecule has 4 rings (SSSR count). The Morgan fingerprint density at radius 2 is 1.85 bits per heavy atom. The molecule has 0 unspecified atom stereocenters. The monoisotopic (exact) mass is 442 g/mol. The molecule has 3 aromatic rings. The predicted molar refractivity (Wildman–Crippen MR) is 127 cm³/mol. The molecule has 0 aromatic carbocycles. The van der Waals surface area contributed by atoms with Crippen molar-refractivity contribution < 1.29 is 0 Å². The Bertz CT molecular complexity index is 1150. The van der Waals surface area contributed by atoms with Crippen LogP contribution in [-0.4, -0.2) is 43.6 Å². The third-order valence-electron chi connectivity index (χ3n) is 4.91. The molecule has 3 aromatic heterocycles. The van der Waals surface area contributed by atoms with Crippen molar-refractivity contribution in [1.82, 2.24) is 35.2 Å². The van der Waals surface area contributed by atoms with E-state index in [1.54, 1.807) is 18.6 Å². The molecule has 1 aliphatic heterocycles. The van der Waals surface area contributed by atoms with Gasteiger partial charge in [-0.2, -0.15) is 15.5 Å². The standard InChI is InChI=1S/C23H26N10/c24-18-19(20-6-1-7-22(30-20)25-9-2-14-32-16-4-11-28-32)21-8-13-27-23(31-21)26-10-3-15-33-17-5-12-29-33/h1,4-8,11-13,16-17H,2-3,9-10,14-15H2,(H,25,30)(H2,26,27,31)/b21-19+. The number of guanidine groups is 1. The number of allylic oxidation sites excluding steroid dienone is 2. The lowest BCUT2D eigenvalue weighted by molar-refractivity contribution is 0.584. The van der Waals surface area contributed by atoms with Crippen molar-refractivity contribution in [3.63, 3.8) is 0 Å². The molecule has 0 radical (unpaired) electrons. The maximum atomic E-state index is 9.83. The number of aromatic nitrogens is 5. The van der Waals surface area contributed by atoms with E-state index in [2.05, 4.69) is 42.2 Å². The molecule has 0 spiro atoms. The number of nitrogens with zero attached hydrogens (tertiary/aromatic N) is 7. The van der Waals surface area contributed by atoms with Gasteiger partial charge in [0.2, 0.25) is 0 Å². The molecule has 33 heavy (non-hydrogen) atoms. The largest absolute Gasteiger partial charge is 0.370 e. The van der Waals surface area contributed by atoms with Gasteiger partial charge in [-0.05, 0) is 43.2 Å². The van der Waals surface area contributed by atoms with Crippen molar-refractivity contribution in [1.29, 1.82) is 5.26 Å².